The lowest BCUT2D eigenvalue weighted by Crippen LogP contribution is -2.43. The van der Waals surface area contributed by atoms with E-state index in [9.17, 15) is 4.79 Å². The van der Waals surface area contributed by atoms with Crippen LogP contribution >= 0.6 is 0 Å². The highest BCUT2D eigenvalue weighted by Crippen LogP contribution is 2.27. The van der Waals surface area contributed by atoms with E-state index in [1.54, 1.807) is 23.6 Å². The summed E-state index contributed by atoms with van der Waals surface area (Å²) in [6.45, 7) is 5.40. The smallest absolute Gasteiger partial charge is 0.257 e. The van der Waals surface area contributed by atoms with Crippen LogP contribution in [0.4, 0.5) is 0 Å². The number of carbonyl (C=O) groups is 1. The number of amides is 1. The van der Waals surface area contributed by atoms with Crippen molar-refractivity contribution in [1.29, 1.82) is 0 Å². The maximum atomic E-state index is 13.0. The van der Waals surface area contributed by atoms with Gasteiger partial charge in [0.25, 0.3) is 5.89 Å². The largest absolute Gasteiger partial charge is 0.464 e. The molecule has 8 heteroatoms. The summed E-state index contributed by atoms with van der Waals surface area (Å²) in [5.41, 5.74) is 4.80. The Kier molecular flexibility index (Phi) is 4.99. The SMILES string of the molecule is Cc1cc2occ(CC(=O)N3CCO[C@@H](c4nc(-c5cccnc5)no4)C3)c2cc1C. The predicted octanol–water partition coefficient (Wildman–Crippen LogP) is 3.64. The topological polar surface area (TPSA) is 94.5 Å². The number of furan rings is 1. The van der Waals surface area contributed by atoms with Gasteiger partial charge in [-0.3, -0.25) is 9.78 Å². The highest BCUT2D eigenvalue weighted by molar-refractivity contribution is 5.88. The molecule has 0 spiro atoms. The molecule has 1 aliphatic heterocycles. The van der Waals surface area contributed by atoms with Crippen molar-refractivity contribution < 1.29 is 18.5 Å². The van der Waals surface area contributed by atoms with E-state index in [1.165, 1.54) is 11.1 Å². The van der Waals surface area contributed by atoms with E-state index in [-0.39, 0.29) is 12.3 Å². The van der Waals surface area contributed by atoms with Gasteiger partial charge in [-0.2, -0.15) is 4.98 Å². The van der Waals surface area contributed by atoms with Crippen LogP contribution < -0.4 is 0 Å². The second-order valence-corrected chi connectivity index (χ2v) is 7.77. The molecule has 1 fully saturated rings. The van der Waals surface area contributed by atoms with Crippen molar-refractivity contribution >= 4 is 16.9 Å². The van der Waals surface area contributed by atoms with Crippen LogP contribution in [0.15, 0.2) is 51.9 Å². The minimum absolute atomic E-state index is 0.0150. The molecule has 0 saturated carbocycles. The second-order valence-electron chi connectivity index (χ2n) is 7.77. The van der Waals surface area contributed by atoms with Gasteiger partial charge in [0.2, 0.25) is 11.7 Å². The van der Waals surface area contributed by atoms with Gasteiger partial charge in [0.05, 0.1) is 25.8 Å². The number of pyridine rings is 1. The van der Waals surface area contributed by atoms with Crippen LogP contribution in [0.25, 0.3) is 22.4 Å². The molecule has 1 aliphatic rings. The van der Waals surface area contributed by atoms with Gasteiger partial charge in [0.15, 0.2) is 6.10 Å². The average molecular weight is 418 g/mol. The quantitative estimate of drug-likeness (QED) is 0.499. The number of benzene rings is 1. The van der Waals surface area contributed by atoms with Crippen LogP contribution in [0, 0.1) is 13.8 Å². The van der Waals surface area contributed by atoms with Crippen molar-refractivity contribution in [3.63, 3.8) is 0 Å². The fourth-order valence-electron chi connectivity index (χ4n) is 3.75. The Balaban J connectivity index is 1.30. The number of ether oxygens (including phenoxy) is 1. The molecule has 4 heterocycles. The molecular formula is C23H22N4O4. The summed E-state index contributed by atoms with van der Waals surface area (Å²) < 4.78 is 16.9. The van der Waals surface area contributed by atoms with Gasteiger partial charge in [-0.15, -0.1) is 0 Å². The van der Waals surface area contributed by atoms with Crippen LogP contribution in [-0.4, -0.2) is 45.6 Å². The number of fused-ring (bicyclic) bond motifs is 1. The van der Waals surface area contributed by atoms with E-state index in [4.69, 9.17) is 13.7 Å². The summed E-state index contributed by atoms with van der Waals surface area (Å²) in [6.07, 6.45) is 4.85. The van der Waals surface area contributed by atoms with Crippen molar-refractivity contribution in [3.8, 4) is 11.4 Å². The number of aromatic nitrogens is 3. The molecule has 1 aromatic carbocycles. The van der Waals surface area contributed by atoms with E-state index in [0.717, 1.165) is 22.1 Å². The molecular weight excluding hydrogens is 396 g/mol. The molecule has 0 bridgehead atoms. The van der Waals surface area contributed by atoms with Crippen molar-refractivity contribution in [2.45, 2.75) is 26.4 Å². The molecule has 0 aliphatic carbocycles. The lowest BCUT2D eigenvalue weighted by atomic mass is 10.0. The zero-order valence-electron chi connectivity index (χ0n) is 17.4. The molecule has 31 heavy (non-hydrogen) atoms. The van der Waals surface area contributed by atoms with Crippen molar-refractivity contribution in [1.82, 2.24) is 20.0 Å². The van der Waals surface area contributed by atoms with Gasteiger partial charge in [0, 0.05) is 35.5 Å². The van der Waals surface area contributed by atoms with Gasteiger partial charge in [-0.05, 0) is 49.2 Å². The molecule has 3 aromatic heterocycles. The Labute approximate surface area is 178 Å². The third-order valence-electron chi connectivity index (χ3n) is 5.67. The monoisotopic (exact) mass is 418 g/mol. The van der Waals surface area contributed by atoms with Gasteiger partial charge in [0.1, 0.15) is 5.58 Å². The number of nitrogens with zero attached hydrogens (tertiary/aromatic N) is 4. The standard InChI is InChI=1S/C23H22N4O4/c1-14-8-18-17(13-30-19(18)9-15(14)2)10-21(28)27-6-7-29-20(12-27)23-25-22(26-31-23)16-4-3-5-24-11-16/h3-5,8-9,11,13,20H,6-7,10,12H2,1-2H3/t20-/m1/s1. The maximum absolute atomic E-state index is 13.0. The Bertz CT molecular complexity index is 1230. The molecule has 1 atom stereocenters. The molecule has 0 unspecified atom stereocenters. The first kappa shape index (κ1) is 19.4. The molecule has 4 aromatic rings. The number of morpholine rings is 1. The van der Waals surface area contributed by atoms with E-state index in [1.807, 2.05) is 25.1 Å². The van der Waals surface area contributed by atoms with E-state index in [2.05, 4.69) is 28.1 Å². The highest BCUT2D eigenvalue weighted by atomic mass is 16.5. The minimum Gasteiger partial charge on any atom is -0.464 e. The number of rotatable bonds is 4. The fourth-order valence-corrected chi connectivity index (χ4v) is 3.75. The number of aryl methyl sites for hydroxylation is 2. The van der Waals surface area contributed by atoms with Crippen LogP contribution in [-0.2, 0) is 16.0 Å². The van der Waals surface area contributed by atoms with Gasteiger partial charge >= 0.3 is 0 Å². The first-order valence-corrected chi connectivity index (χ1v) is 10.2. The van der Waals surface area contributed by atoms with Crippen molar-refractivity contribution in [3.05, 3.63) is 65.5 Å². The Morgan fingerprint density at radius 2 is 2.13 bits per heavy atom. The number of hydrogen-bond acceptors (Lipinski definition) is 7. The summed E-state index contributed by atoms with van der Waals surface area (Å²) in [7, 11) is 0. The van der Waals surface area contributed by atoms with Gasteiger partial charge < -0.3 is 18.6 Å². The summed E-state index contributed by atoms with van der Waals surface area (Å²) in [6, 6.07) is 7.76. The van der Waals surface area contributed by atoms with E-state index < -0.39 is 6.10 Å². The first-order chi connectivity index (χ1) is 15.1. The third-order valence-corrected chi connectivity index (χ3v) is 5.67. The van der Waals surface area contributed by atoms with Crippen LogP contribution in [0.1, 0.15) is 28.7 Å². The Morgan fingerprint density at radius 1 is 1.26 bits per heavy atom. The molecule has 0 N–H and O–H groups in total. The average Bonchev–Trinajstić information content (AvgIpc) is 3.43. The summed E-state index contributed by atoms with van der Waals surface area (Å²) >= 11 is 0. The van der Waals surface area contributed by atoms with Gasteiger partial charge in [-0.1, -0.05) is 5.16 Å². The summed E-state index contributed by atoms with van der Waals surface area (Å²) in [5, 5.41) is 5.01. The van der Waals surface area contributed by atoms with Crippen LogP contribution in [0.5, 0.6) is 0 Å². The lowest BCUT2D eigenvalue weighted by Gasteiger charge is -2.31. The van der Waals surface area contributed by atoms with Crippen molar-refractivity contribution in [2.75, 3.05) is 19.7 Å². The number of carbonyl (C=O) groups excluding carboxylic acids is 1. The van der Waals surface area contributed by atoms with Crippen LogP contribution in [0.2, 0.25) is 0 Å². The zero-order valence-corrected chi connectivity index (χ0v) is 17.4. The van der Waals surface area contributed by atoms with Gasteiger partial charge in [-0.25, -0.2) is 0 Å². The molecule has 5 rings (SSSR count). The van der Waals surface area contributed by atoms with Crippen molar-refractivity contribution in [2.24, 2.45) is 0 Å². The predicted molar refractivity (Wildman–Crippen MR) is 112 cm³/mol. The zero-order chi connectivity index (χ0) is 21.4. The third kappa shape index (κ3) is 3.82. The normalized spacial score (nSPS) is 16.7. The Hall–Kier alpha value is -3.52. The van der Waals surface area contributed by atoms with Crippen LogP contribution in [0.3, 0.4) is 0 Å². The van der Waals surface area contributed by atoms with E-state index in [0.29, 0.717) is 31.4 Å². The lowest BCUT2D eigenvalue weighted by molar-refractivity contribution is -0.139. The Morgan fingerprint density at radius 3 is 2.97 bits per heavy atom. The second kappa shape index (κ2) is 7.96. The molecule has 8 nitrogen and oxygen atoms in total. The minimum atomic E-state index is -0.457. The summed E-state index contributed by atoms with van der Waals surface area (Å²) in [4.78, 5) is 23.3. The molecule has 1 saturated heterocycles. The number of hydrogen-bond donors (Lipinski definition) is 0. The highest BCUT2D eigenvalue weighted by Gasteiger charge is 2.30. The summed E-state index contributed by atoms with van der Waals surface area (Å²) in [5.74, 6) is 0.822. The first-order valence-electron chi connectivity index (χ1n) is 10.2. The molecule has 158 valence electrons. The van der Waals surface area contributed by atoms with E-state index >= 15 is 0 Å². The maximum Gasteiger partial charge on any atom is 0.257 e. The molecule has 0 radical (unpaired) electrons. The molecule has 1 amide bonds. The fraction of sp³-hybridized carbons (Fsp3) is 0.304.